The third kappa shape index (κ3) is 3.63. The summed E-state index contributed by atoms with van der Waals surface area (Å²) < 4.78 is 58.6. The van der Waals surface area contributed by atoms with E-state index in [-0.39, 0.29) is 11.5 Å². The van der Waals surface area contributed by atoms with Gasteiger partial charge >= 0.3 is 6.36 Å². The zero-order valence-corrected chi connectivity index (χ0v) is 10.4. The van der Waals surface area contributed by atoms with Gasteiger partial charge in [0.2, 0.25) is 0 Å². The molecule has 0 saturated carbocycles. The Kier molecular flexibility index (Phi) is 3.83. The lowest BCUT2D eigenvalue weighted by molar-refractivity contribution is -0.274. The van der Waals surface area contributed by atoms with Crippen LogP contribution in [-0.4, -0.2) is 13.5 Å². The lowest BCUT2D eigenvalue weighted by Gasteiger charge is -2.11. The SMILES string of the molecule is COc1cc(F)cc(-c2cccc(OC(F)(F)F)c2)c1. The molecule has 0 aliphatic heterocycles. The van der Waals surface area contributed by atoms with Crippen molar-refractivity contribution in [2.75, 3.05) is 7.11 Å². The fourth-order valence-corrected chi connectivity index (χ4v) is 1.72. The summed E-state index contributed by atoms with van der Waals surface area (Å²) in [5.74, 6) is -0.623. The second-order valence-corrected chi connectivity index (χ2v) is 3.96. The molecule has 0 bridgehead atoms. The minimum Gasteiger partial charge on any atom is -0.497 e. The molecule has 0 atom stereocenters. The summed E-state index contributed by atoms with van der Waals surface area (Å²) >= 11 is 0. The zero-order valence-electron chi connectivity index (χ0n) is 10.4. The number of hydrogen-bond acceptors (Lipinski definition) is 2. The first-order valence-electron chi connectivity index (χ1n) is 5.58. The van der Waals surface area contributed by atoms with Crippen molar-refractivity contribution in [3.63, 3.8) is 0 Å². The molecule has 20 heavy (non-hydrogen) atoms. The van der Waals surface area contributed by atoms with E-state index >= 15 is 0 Å². The third-order valence-corrected chi connectivity index (χ3v) is 2.51. The molecule has 2 aromatic rings. The second-order valence-electron chi connectivity index (χ2n) is 3.96. The highest BCUT2D eigenvalue weighted by Crippen LogP contribution is 2.30. The first kappa shape index (κ1) is 14.2. The van der Waals surface area contributed by atoms with Gasteiger partial charge in [-0.25, -0.2) is 4.39 Å². The average molecular weight is 286 g/mol. The first-order valence-corrected chi connectivity index (χ1v) is 5.58. The Labute approximate surface area is 112 Å². The van der Waals surface area contributed by atoms with Gasteiger partial charge in [0.05, 0.1) is 7.11 Å². The predicted molar refractivity (Wildman–Crippen MR) is 65.1 cm³/mol. The van der Waals surface area contributed by atoms with Gasteiger partial charge in [0.15, 0.2) is 0 Å². The van der Waals surface area contributed by atoms with E-state index in [0.717, 1.165) is 0 Å². The van der Waals surface area contributed by atoms with Gasteiger partial charge in [0, 0.05) is 6.07 Å². The fourth-order valence-electron chi connectivity index (χ4n) is 1.72. The molecule has 2 aromatic carbocycles. The second kappa shape index (κ2) is 5.40. The van der Waals surface area contributed by atoms with Crippen LogP contribution in [-0.2, 0) is 0 Å². The Balaban J connectivity index is 2.38. The van der Waals surface area contributed by atoms with Crippen molar-refractivity contribution in [3.8, 4) is 22.6 Å². The predicted octanol–water partition coefficient (Wildman–Crippen LogP) is 4.40. The highest BCUT2D eigenvalue weighted by molar-refractivity contribution is 5.66. The molecule has 0 heterocycles. The summed E-state index contributed by atoms with van der Waals surface area (Å²) in [4.78, 5) is 0. The zero-order chi connectivity index (χ0) is 14.8. The normalized spacial score (nSPS) is 11.2. The minimum atomic E-state index is -4.77. The van der Waals surface area contributed by atoms with Gasteiger partial charge in [-0.05, 0) is 35.4 Å². The van der Waals surface area contributed by atoms with Crippen LogP contribution in [0.5, 0.6) is 11.5 Å². The average Bonchev–Trinajstić information content (AvgIpc) is 2.36. The van der Waals surface area contributed by atoms with E-state index in [1.165, 1.54) is 43.5 Å². The van der Waals surface area contributed by atoms with Crippen molar-refractivity contribution in [3.05, 3.63) is 48.3 Å². The Bertz CT molecular complexity index is 608. The van der Waals surface area contributed by atoms with Crippen molar-refractivity contribution >= 4 is 0 Å². The molecule has 0 aromatic heterocycles. The molecule has 6 heteroatoms. The third-order valence-electron chi connectivity index (χ3n) is 2.51. The molecule has 0 spiro atoms. The number of benzene rings is 2. The molecule has 0 N–H and O–H groups in total. The topological polar surface area (TPSA) is 18.5 Å². The molecule has 2 rings (SSSR count). The number of ether oxygens (including phenoxy) is 2. The molecule has 0 radical (unpaired) electrons. The minimum absolute atomic E-state index is 0.280. The van der Waals surface area contributed by atoms with Crippen molar-refractivity contribution in [2.24, 2.45) is 0 Å². The van der Waals surface area contributed by atoms with E-state index in [1.54, 1.807) is 6.07 Å². The summed E-state index contributed by atoms with van der Waals surface area (Å²) in [7, 11) is 1.38. The molecule has 0 saturated heterocycles. The number of alkyl halides is 3. The summed E-state index contributed by atoms with van der Waals surface area (Å²) in [5.41, 5.74) is 0.791. The van der Waals surface area contributed by atoms with Crippen LogP contribution in [0.4, 0.5) is 17.6 Å². The molecular formula is C14H10F4O2. The van der Waals surface area contributed by atoms with Gasteiger partial charge in [0.25, 0.3) is 0 Å². The lowest BCUT2D eigenvalue weighted by Crippen LogP contribution is -2.17. The first-order chi connectivity index (χ1) is 9.37. The van der Waals surface area contributed by atoms with E-state index in [4.69, 9.17) is 4.74 Å². The molecule has 0 aliphatic rings. The Morgan fingerprint density at radius 2 is 1.60 bits per heavy atom. The maximum absolute atomic E-state index is 13.4. The van der Waals surface area contributed by atoms with E-state index in [0.29, 0.717) is 11.1 Å². The summed E-state index contributed by atoms with van der Waals surface area (Å²) in [6.07, 6.45) is -4.77. The van der Waals surface area contributed by atoms with Crippen molar-refractivity contribution in [1.82, 2.24) is 0 Å². The van der Waals surface area contributed by atoms with Gasteiger partial charge in [-0.1, -0.05) is 12.1 Å². The summed E-state index contributed by atoms with van der Waals surface area (Å²) in [6.45, 7) is 0. The molecule has 0 amide bonds. The smallest absolute Gasteiger partial charge is 0.497 e. The largest absolute Gasteiger partial charge is 0.573 e. The number of hydrogen-bond donors (Lipinski definition) is 0. The van der Waals surface area contributed by atoms with Gasteiger partial charge in [-0.2, -0.15) is 0 Å². The Morgan fingerprint density at radius 3 is 2.25 bits per heavy atom. The summed E-state index contributed by atoms with van der Waals surface area (Å²) in [5, 5.41) is 0. The van der Waals surface area contributed by atoms with Crippen LogP contribution in [0.2, 0.25) is 0 Å². The Hall–Kier alpha value is -2.24. The van der Waals surface area contributed by atoms with Crippen LogP contribution in [0.1, 0.15) is 0 Å². The van der Waals surface area contributed by atoms with Crippen molar-refractivity contribution in [1.29, 1.82) is 0 Å². The molecular weight excluding hydrogens is 276 g/mol. The fraction of sp³-hybridized carbons (Fsp3) is 0.143. The standard InChI is InChI=1S/C14H10F4O2/c1-19-13-7-10(5-11(15)8-13)9-3-2-4-12(6-9)20-14(16,17)18/h2-8H,1H3. The summed E-state index contributed by atoms with van der Waals surface area (Å²) in [6, 6.07) is 9.21. The monoisotopic (exact) mass is 286 g/mol. The van der Waals surface area contributed by atoms with Gasteiger partial charge < -0.3 is 9.47 Å². The van der Waals surface area contributed by atoms with Gasteiger partial charge in [-0.3, -0.25) is 0 Å². The van der Waals surface area contributed by atoms with Crippen molar-refractivity contribution in [2.45, 2.75) is 6.36 Å². The number of rotatable bonds is 3. The van der Waals surface area contributed by atoms with Gasteiger partial charge in [0.1, 0.15) is 17.3 Å². The highest BCUT2D eigenvalue weighted by Gasteiger charge is 2.31. The Morgan fingerprint density at radius 1 is 0.900 bits per heavy atom. The number of methoxy groups -OCH3 is 1. The van der Waals surface area contributed by atoms with Gasteiger partial charge in [-0.15, -0.1) is 13.2 Å². The van der Waals surface area contributed by atoms with Crippen LogP contribution >= 0.6 is 0 Å². The van der Waals surface area contributed by atoms with Crippen LogP contribution < -0.4 is 9.47 Å². The maximum atomic E-state index is 13.4. The van der Waals surface area contributed by atoms with E-state index in [9.17, 15) is 17.6 Å². The van der Waals surface area contributed by atoms with Crippen LogP contribution in [0.15, 0.2) is 42.5 Å². The van der Waals surface area contributed by atoms with E-state index in [1.807, 2.05) is 0 Å². The van der Waals surface area contributed by atoms with Crippen LogP contribution in [0, 0.1) is 5.82 Å². The molecule has 106 valence electrons. The molecule has 0 aliphatic carbocycles. The maximum Gasteiger partial charge on any atom is 0.573 e. The van der Waals surface area contributed by atoms with Crippen molar-refractivity contribution < 1.29 is 27.0 Å². The number of halogens is 4. The van der Waals surface area contributed by atoms with E-state index < -0.39 is 12.2 Å². The van der Waals surface area contributed by atoms with Crippen LogP contribution in [0.3, 0.4) is 0 Å². The van der Waals surface area contributed by atoms with Crippen LogP contribution in [0.25, 0.3) is 11.1 Å². The molecule has 2 nitrogen and oxygen atoms in total. The lowest BCUT2D eigenvalue weighted by atomic mass is 10.1. The molecule has 0 unspecified atom stereocenters. The quantitative estimate of drug-likeness (QED) is 0.779. The molecule has 0 fully saturated rings. The van der Waals surface area contributed by atoms with E-state index in [2.05, 4.69) is 4.74 Å². The highest BCUT2D eigenvalue weighted by atomic mass is 19.4.